The summed E-state index contributed by atoms with van der Waals surface area (Å²) in [5.41, 5.74) is 11.0. The van der Waals surface area contributed by atoms with Gasteiger partial charge in [0.2, 0.25) is 0 Å². The van der Waals surface area contributed by atoms with Crippen molar-refractivity contribution >= 4 is 17.7 Å². The van der Waals surface area contributed by atoms with Crippen LogP contribution in [0.15, 0.2) is 12.1 Å². The molecule has 0 atom stereocenters. The van der Waals surface area contributed by atoms with Gasteiger partial charge in [0, 0.05) is 13.1 Å². The number of hydrogen-bond donors (Lipinski definition) is 2. The number of hydrogen-bond acceptors (Lipinski definition) is 5. The number of anilines is 2. The summed E-state index contributed by atoms with van der Waals surface area (Å²) >= 11 is 0. The fourth-order valence-electron chi connectivity index (χ4n) is 1.20. The third-order valence-electron chi connectivity index (χ3n) is 2.13. The molecule has 1 aromatic rings. The SMILES string of the molecule is CCN(CC)C(=O)Oc1ccc(N)nc1N. The molecule has 1 amide bonds. The average molecular weight is 224 g/mol. The van der Waals surface area contributed by atoms with E-state index >= 15 is 0 Å². The molecule has 0 aliphatic heterocycles. The van der Waals surface area contributed by atoms with Crippen LogP contribution in [0.2, 0.25) is 0 Å². The second-order valence-electron chi connectivity index (χ2n) is 3.16. The molecule has 0 saturated heterocycles. The van der Waals surface area contributed by atoms with E-state index in [2.05, 4.69) is 4.98 Å². The average Bonchev–Trinajstić information content (AvgIpc) is 2.24. The zero-order chi connectivity index (χ0) is 12.1. The number of aromatic nitrogens is 1. The van der Waals surface area contributed by atoms with Crippen molar-refractivity contribution in [2.45, 2.75) is 13.8 Å². The molecule has 4 N–H and O–H groups in total. The lowest BCUT2D eigenvalue weighted by Gasteiger charge is -2.18. The van der Waals surface area contributed by atoms with Crippen LogP contribution in [0.25, 0.3) is 0 Å². The van der Waals surface area contributed by atoms with E-state index in [0.717, 1.165) is 0 Å². The Labute approximate surface area is 94.2 Å². The first kappa shape index (κ1) is 12.1. The predicted molar refractivity (Wildman–Crippen MR) is 62.0 cm³/mol. The van der Waals surface area contributed by atoms with Gasteiger partial charge >= 0.3 is 6.09 Å². The molecule has 0 fully saturated rings. The van der Waals surface area contributed by atoms with Crippen molar-refractivity contribution in [3.63, 3.8) is 0 Å². The summed E-state index contributed by atoms with van der Waals surface area (Å²) in [5, 5.41) is 0. The molecular weight excluding hydrogens is 208 g/mol. The smallest absolute Gasteiger partial charge is 0.406 e. The Kier molecular flexibility index (Phi) is 3.93. The highest BCUT2D eigenvalue weighted by Gasteiger charge is 2.13. The van der Waals surface area contributed by atoms with Gasteiger partial charge in [-0.3, -0.25) is 0 Å². The number of ether oxygens (including phenoxy) is 1. The van der Waals surface area contributed by atoms with Crippen LogP contribution >= 0.6 is 0 Å². The van der Waals surface area contributed by atoms with Crippen molar-refractivity contribution < 1.29 is 9.53 Å². The Balaban J connectivity index is 2.76. The van der Waals surface area contributed by atoms with Gasteiger partial charge in [-0.2, -0.15) is 0 Å². The maximum absolute atomic E-state index is 11.6. The van der Waals surface area contributed by atoms with Crippen LogP contribution in [0, 0.1) is 0 Å². The molecular formula is C10H16N4O2. The molecule has 1 rings (SSSR count). The summed E-state index contributed by atoms with van der Waals surface area (Å²) in [4.78, 5) is 16.9. The largest absolute Gasteiger partial charge is 0.415 e. The molecule has 1 heterocycles. The van der Waals surface area contributed by atoms with Gasteiger partial charge in [-0.05, 0) is 26.0 Å². The molecule has 0 bridgehead atoms. The Morgan fingerprint density at radius 1 is 1.38 bits per heavy atom. The van der Waals surface area contributed by atoms with E-state index in [9.17, 15) is 4.79 Å². The lowest BCUT2D eigenvalue weighted by molar-refractivity contribution is 0.157. The molecule has 6 heteroatoms. The minimum absolute atomic E-state index is 0.112. The van der Waals surface area contributed by atoms with Gasteiger partial charge in [-0.1, -0.05) is 0 Å². The van der Waals surface area contributed by atoms with Crippen LogP contribution in [0.1, 0.15) is 13.8 Å². The molecule has 1 aromatic heterocycles. The maximum atomic E-state index is 11.6. The summed E-state index contributed by atoms with van der Waals surface area (Å²) in [6, 6.07) is 3.06. The summed E-state index contributed by atoms with van der Waals surface area (Å²) in [6.45, 7) is 4.90. The van der Waals surface area contributed by atoms with Gasteiger partial charge in [0.05, 0.1) is 0 Å². The highest BCUT2D eigenvalue weighted by molar-refractivity contribution is 5.72. The lowest BCUT2D eigenvalue weighted by atomic mass is 10.4. The van der Waals surface area contributed by atoms with Crippen molar-refractivity contribution in [1.82, 2.24) is 9.88 Å². The van der Waals surface area contributed by atoms with Gasteiger partial charge in [0.15, 0.2) is 11.6 Å². The van der Waals surface area contributed by atoms with Gasteiger partial charge in [-0.15, -0.1) is 0 Å². The van der Waals surface area contributed by atoms with Gasteiger partial charge in [0.25, 0.3) is 0 Å². The van der Waals surface area contributed by atoms with E-state index in [-0.39, 0.29) is 11.6 Å². The van der Waals surface area contributed by atoms with E-state index in [1.807, 2.05) is 13.8 Å². The van der Waals surface area contributed by atoms with E-state index in [1.165, 1.54) is 17.0 Å². The van der Waals surface area contributed by atoms with Crippen LogP contribution in [0.3, 0.4) is 0 Å². The van der Waals surface area contributed by atoms with Gasteiger partial charge in [0.1, 0.15) is 5.82 Å². The van der Waals surface area contributed by atoms with Crippen LogP contribution in [0.5, 0.6) is 5.75 Å². The van der Waals surface area contributed by atoms with Crippen LogP contribution in [-0.4, -0.2) is 29.1 Å². The fourth-order valence-corrected chi connectivity index (χ4v) is 1.20. The molecule has 0 radical (unpaired) electrons. The molecule has 0 aliphatic rings. The first-order valence-electron chi connectivity index (χ1n) is 5.07. The number of rotatable bonds is 3. The van der Waals surface area contributed by atoms with Crippen molar-refractivity contribution in [2.75, 3.05) is 24.6 Å². The van der Waals surface area contributed by atoms with Crippen LogP contribution < -0.4 is 16.2 Å². The molecule has 0 saturated carbocycles. The van der Waals surface area contributed by atoms with Crippen molar-refractivity contribution in [3.05, 3.63) is 12.1 Å². The number of pyridine rings is 1. The minimum atomic E-state index is -0.441. The first-order valence-corrected chi connectivity index (χ1v) is 5.07. The quantitative estimate of drug-likeness (QED) is 0.801. The number of carbonyl (C=O) groups excluding carboxylic acids is 1. The zero-order valence-electron chi connectivity index (χ0n) is 9.43. The Morgan fingerprint density at radius 2 is 2.00 bits per heavy atom. The van der Waals surface area contributed by atoms with Gasteiger partial charge < -0.3 is 21.1 Å². The number of nitrogen functional groups attached to an aromatic ring is 2. The summed E-state index contributed by atoms with van der Waals surface area (Å²) in [6.07, 6.45) is -0.441. The molecule has 0 unspecified atom stereocenters. The van der Waals surface area contributed by atoms with Crippen LogP contribution in [0.4, 0.5) is 16.4 Å². The number of carbonyl (C=O) groups is 1. The van der Waals surface area contributed by atoms with Crippen LogP contribution in [-0.2, 0) is 0 Å². The molecule has 6 nitrogen and oxygen atoms in total. The number of nitrogens with two attached hydrogens (primary N) is 2. The zero-order valence-corrected chi connectivity index (χ0v) is 9.43. The monoisotopic (exact) mass is 224 g/mol. The Hall–Kier alpha value is -1.98. The summed E-state index contributed by atoms with van der Waals surface area (Å²) in [7, 11) is 0. The van der Waals surface area contributed by atoms with Crippen molar-refractivity contribution in [2.24, 2.45) is 0 Å². The second kappa shape index (κ2) is 5.20. The number of amides is 1. The fraction of sp³-hybridized carbons (Fsp3) is 0.400. The van der Waals surface area contributed by atoms with E-state index in [4.69, 9.17) is 16.2 Å². The van der Waals surface area contributed by atoms with E-state index in [0.29, 0.717) is 18.9 Å². The van der Waals surface area contributed by atoms with Crippen molar-refractivity contribution in [3.8, 4) is 5.75 Å². The third-order valence-corrected chi connectivity index (χ3v) is 2.13. The van der Waals surface area contributed by atoms with Gasteiger partial charge in [-0.25, -0.2) is 9.78 Å². The lowest BCUT2D eigenvalue weighted by Crippen LogP contribution is -2.33. The second-order valence-corrected chi connectivity index (χ2v) is 3.16. The third kappa shape index (κ3) is 2.75. The number of nitrogens with zero attached hydrogens (tertiary/aromatic N) is 2. The minimum Gasteiger partial charge on any atom is -0.406 e. The Bertz CT molecular complexity index is 377. The standard InChI is InChI=1S/C10H16N4O2/c1-3-14(4-2)10(15)16-7-5-6-8(11)13-9(7)12/h5-6H,3-4H2,1-2H3,(H4,11,12,13). The molecule has 16 heavy (non-hydrogen) atoms. The van der Waals surface area contributed by atoms with E-state index < -0.39 is 6.09 Å². The van der Waals surface area contributed by atoms with Crippen molar-refractivity contribution in [1.29, 1.82) is 0 Å². The highest BCUT2D eigenvalue weighted by Crippen LogP contribution is 2.20. The molecule has 0 spiro atoms. The predicted octanol–water partition coefficient (Wildman–Crippen LogP) is 1.09. The molecule has 0 aromatic carbocycles. The normalized spacial score (nSPS) is 9.88. The summed E-state index contributed by atoms with van der Waals surface area (Å²) in [5.74, 6) is 0.631. The molecule has 0 aliphatic carbocycles. The first-order chi connectivity index (χ1) is 7.58. The molecule has 88 valence electrons. The summed E-state index contributed by atoms with van der Waals surface area (Å²) < 4.78 is 5.09. The Morgan fingerprint density at radius 3 is 2.50 bits per heavy atom. The highest BCUT2D eigenvalue weighted by atomic mass is 16.6. The van der Waals surface area contributed by atoms with E-state index in [1.54, 1.807) is 0 Å². The topological polar surface area (TPSA) is 94.5 Å². The maximum Gasteiger partial charge on any atom is 0.415 e.